The highest BCUT2D eigenvalue weighted by atomic mass is 16.6. The van der Waals surface area contributed by atoms with Gasteiger partial charge in [-0.05, 0) is 32.4 Å². The van der Waals surface area contributed by atoms with Crippen molar-refractivity contribution in [1.29, 1.82) is 0 Å². The molecule has 1 unspecified atom stereocenters. The number of esters is 1. The van der Waals surface area contributed by atoms with Crippen molar-refractivity contribution in [3.63, 3.8) is 0 Å². The van der Waals surface area contributed by atoms with Crippen molar-refractivity contribution in [2.24, 2.45) is 5.73 Å². The molecule has 3 nitrogen and oxygen atoms in total. The van der Waals surface area contributed by atoms with Crippen LogP contribution in [0.4, 0.5) is 0 Å². The molecular formula is C12H16NO2. The van der Waals surface area contributed by atoms with Gasteiger partial charge in [0.15, 0.2) is 0 Å². The summed E-state index contributed by atoms with van der Waals surface area (Å²) in [5, 5.41) is 0. The number of carbonyl (C=O) groups excluding carboxylic acids is 1. The van der Waals surface area contributed by atoms with Crippen molar-refractivity contribution in [3.8, 4) is 0 Å². The second-order valence-electron chi connectivity index (χ2n) is 4.34. The molecule has 15 heavy (non-hydrogen) atoms. The van der Waals surface area contributed by atoms with Crippen LogP contribution < -0.4 is 5.73 Å². The van der Waals surface area contributed by atoms with E-state index in [9.17, 15) is 4.79 Å². The fourth-order valence-electron chi connectivity index (χ4n) is 1.11. The lowest BCUT2D eigenvalue weighted by Gasteiger charge is -2.22. The summed E-state index contributed by atoms with van der Waals surface area (Å²) in [6.45, 7) is 5.45. The van der Waals surface area contributed by atoms with Crippen LogP contribution in [0.1, 0.15) is 32.4 Å². The van der Waals surface area contributed by atoms with Crippen molar-refractivity contribution < 1.29 is 9.53 Å². The van der Waals surface area contributed by atoms with E-state index in [1.807, 2.05) is 20.8 Å². The highest BCUT2D eigenvalue weighted by Crippen LogP contribution is 2.15. The van der Waals surface area contributed by atoms with E-state index in [1.54, 1.807) is 24.3 Å². The summed E-state index contributed by atoms with van der Waals surface area (Å²) in [6, 6.07) is 9.10. The first-order valence-corrected chi connectivity index (χ1v) is 4.84. The van der Waals surface area contributed by atoms with Gasteiger partial charge < -0.3 is 10.5 Å². The zero-order valence-corrected chi connectivity index (χ0v) is 9.28. The molecule has 0 saturated carbocycles. The van der Waals surface area contributed by atoms with Gasteiger partial charge in [-0.2, -0.15) is 0 Å². The van der Waals surface area contributed by atoms with Crippen LogP contribution in [-0.4, -0.2) is 11.6 Å². The number of carbonyl (C=O) groups is 1. The third-order valence-corrected chi connectivity index (χ3v) is 1.76. The van der Waals surface area contributed by atoms with Crippen LogP contribution in [0.3, 0.4) is 0 Å². The molecule has 1 aromatic rings. The van der Waals surface area contributed by atoms with Crippen LogP contribution in [0.15, 0.2) is 24.3 Å². The summed E-state index contributed by atoms with van der Waals surface area (Å²) in [5.74, 6) is -0.409. The Morgan fingerprint density at radius 1 is 1.40 bits per heavy atom. The fraction of sp³-hybridized carbons (Fsp3) is 0.417. The largest absolute Gasteiger partial charge is 0.459 e. The van der Waals surface area contributed by atoms with E-state index >= 15 is 0 Å². The zero-order valence-electron chi connectivity index (χ0n) is 9.28. The molecule has 3 heteroatoms. The van der Waals surface area contributed by atoms with E-state index in [4.69, 9.17) is 10.5 Å². The van der Waals surface area contributed by atoms with Gasteiger partial charge >= 0.3 is 5.97 Å². The van der Waals surface area contributed by atoms with Gasteiger partial charge in [0.1, 0.15) is 11.6 Å². The average molecular weight is 206 g/mol. The first kappa shape index (κ1) is 11.7. The minimum absolute atomic E-state index is 0.409. The summed E-state index contributed by atoms with van der Waals surface area (Å²) in [5.41, 5.74) is 5.99. The molecule has 0 aromatic heterocycles. The summed E-state index contributed by atoms with van der Waals surface area (Å²) >= 11 is 0. The lowest BCUT2D eigenvalue weighted by molar-refractivity contribution is -0.156. The summed E-state index contributed by atoms with van der Waals surface area (Å²) in [6.07, 6.45) is 0. The van der Waals surface area contributed by atoms with Gasteiger partial charge in [0.2, 0.25) is 0 Å². The first-order chi connectivity index (χ1) is 6.90. The molecule has 1 atom stereocenters. The normalized spacial score (nSPS) is 13.3. The lowest BCUT2D eigenvalue weighted by atomic mass is 10.1. The van der Waals surface area contributed by atoms with Crippen molar-refractivity contribution in [3.05, 3.63) is 35.9 Å². The van der Waals surface area contributed by atoms with Gasteiger partial charge in [0.05, 0.1) is 0 Å². The third-order valence-electron chi connectivity index (χ3n) is 1.76. The molecule has 0 heterocycles. The Kier molecular flexibility index (Phi) is 3.48. The second-order valence-corrected chi connectivity index (χ2v) is 4.34. The van der Waals surface area contributed by atoms with Crippen LogP contribution >= 0.6 is 0 Å². The molecule has 0 spiro atoms. The van der Waals surface area contributed by atoms with Gasteiger partial charge in [-0.1, -0.05) is 24.3 Å². The van der Waals surface area contributed by atoms with Gasteiger partial charge in [-0.3, -0.25) is 0 Å². The maximum atomic E-state index is 11.6. The minimum Gasteiger partial charge on any atom is -0.459 e. The van der Waals surface area contributed by atoms with Crippen molar-refractivity contribution in [2.75, 3.05) is 0 Å². The summed E-state index contributed by atoms with van der Waals surface area (Å²) < 4.78 is 5.18. The fourth-order valence-corrected chi connectivity index (χ4v) is 1.11. The van der Waals surface area contributed by atoms with E-state index in [0.29, 0.717) is 0 Å². The topological polar surface area (TPSA) is 52.3 Å². The lowest BCUT2D eigenvalue weighted by Crippen LogP contribution is -2.31. The summed E-state index contributed by atoms with van der Waals surface area (Å²) in [7, 11) is 0. The Balaban J connectivity index is 2.70. The van der Waals surface area contributed by atoms with Crippen LogP contribution in [0, 0.1) is 6.07 Å². The standard InChI is InChI=1S/C12H16NO2/c1-12(2,3)15-11(14)10(13)9-7-5-4-6-8-9/h5-8,10H,13H2,1-3H3. The molecular weight excluding hydrogens is 190 g/mol. The minimum atomic E-state index is -0.723. The molecule has 1 radical (unpaired) electrons. The van der Waals surface area contributed by atoms with E-state index in [0.717, 1.165) is 5.56 Å². The second kappa shape index (κ2) is 4.45. The quantitative estimate of drug-likeness (QED) is 0.751. The maximum Gasteiger partial charge on any atom is 0.328 e. The Hall–Kier alpha value is -1.35. The molecule has 2 N–H and O–H groups in total. The van der Waals surface area contributed by atoms with Gasteiger partial charge in [-0.25, -0.2) is 4.79 Å². The molecule has 0 aliphatic carbocycles. The van der Waals surface area contributed by atoms with Crippen LogP contribution in [0.2, 0.25) is 0 Å². The Bertz CT molecular complexity index is 327. The average Bonchev–Trinajstić information content (AvgIpc) is 2.15. The van der Waals surface area contributed by atoms with E-state index in [-0.39, 0.29) is 0 Å². The molecule has 1 rings (SSSR count). The molecule has 81 valence electrons. The van der Waals surface area contributed by atoms with Crippen molar-refractivity contribution >= 4 is 5.97 Å². The molecule has 0 fully saturated rings. The molecule has 0 amide bonds. The Morgan fingerprint density at radius 3 is 2.40 bits per heavy atom. The van der Waals surface area contributed by atoms with E-state index in [1.165, 1.54) is 0 Å². The number of hydrogen-bond donors (Lipinski definition) is 1. The van der Waals surface area contributed by atoms with Crippen LogP contribution in [0.25, 0.3) is 0 Å². The van der Waals surface area contributed by atoms with Crippen LogP contribution in [-0.2, 0) is 9.53 Å². The number of nitrogens with two attached hydrogens (primary N) is 1. The molecule has 0 saturated heterocycles. The highest BCUT2D eigenvalue weighted by Gasteiger charge is 2.22. The van der Waals surface area contributed by atoms with E-state index in [2.05, 4.69) is 6.07 Å². The van der Waals surface area contributed by atoms with Gasteiger partial charge in [0.25, 0.3) is 0 Å². The van der Waals surface area contributed by atoms with Gasteiger partial charge in [-0.15, -0.1) is 0 Å². The Labute approximate surface area is 90.2 Å². The molecule has 0 aliphatic rings. The molecule has 0 bridgehead atoms. The van der Waals surface area contributed by atoms with Crippen molar-refractivity contribution in [1.82, 2.24) is 0 Å². The van der Waals surface area contributed by atoms with E-state index < -0.39 is 17.6 Å². The molecule has 0 aliphatic heterocycles. The van der Waals surface area contributed by atoms with Gasteiger partial charge in [0, 0.05) is 0 Å². The maximum absolute atomic E-state index is 11.6. The number of ether oxygens (including phenoxy) is 1. The predicted molar refractivity (Wildman–Crippen MR) is 58.1 cm³/mol. The van der Waals surface area contributed by atoms with Crippen LogP contribution in [0.5, 0.6) is 0 Å². The third kappa shape index (κ3) is 3.72. The van der Waals surface area contributed by atoms with Crippen molar-refractivity contribution in [2.45, 2.75) is 32.4 Å². The smallest absolute Gasteiger partial charge is 0.328 e. The summed E-state index contributed by atoms with van der Waals surface area (Å²) in [4.78, 5) is 11.6. The monoisotopic (exact) mass is 206 g/mol. The molecule has 1 aromatic carbocycles. The first-order valence-electron chi connectivity index (χ1n) is 4.84. The predicted octanol–water partition coefficient (Wildman–Crippen LogP) is 1.83. The zero-order chi connectivity index (χ0) is 11.5. The number of hydrogen-bond acceptors (Lipinski definition) is 3. The SMILES string of the molecule is CC(C)(C)OC(=O)C(N)c1cc[c]cc1. The Morgan fingerprint density at radius 2 is 1.93 bits per heavy atom. The number of benzene rings is 1. The number of rotatable bonds is 2. The highest BCUT2D eigenvalue weighted by molar-refractivity contribution is 5.77.